The molecule has 0 aliphatic carbocycles. The first kappa shape index (κ1) is 7.56. The summed E-state index contributed by atoms with van der Waals surface area (Å²) in [4.78, 5) is 0. The zero-order valence-corrected chi connectivity index (χ0v) is 8.79. The topological polar surface area (TPSA) is 0 Å². The lowest BCUT2D eigenvalue weighted by atomic mass is 10.4. The Bertz CT molecular complexity index is 176. The largest absolute Gasteiger partial charge is 0.236 e. The summed E-state index contributed by atoms with van der Waals surface area (Å²) in [6, 6.07) is 10.2. The van der Waals surface area contributed by atoms with Crippen molar-refractivity contribution in [2.24, 2.45) is 0 Å². The van der Waals surface area contributed by atoms with Gasteiger partial charge in [0.15, 0.2) is 0 Å². The molecule has 0 heterocycles. The molecule has 0 aromatic heterocycles. The van der Waals surface area contributed by atoms with Gasteiger partial charge in [0.2, 0.25) is 5.60 Å². The maximum Gasteiger partial charge on any atom is 0.236 e. The second-order valence-electron chi connectivity index (χ2n) is 1.71. The van der Waals surface area contributed by atoms with Crippen molar-refractivity contribution in [2.75, 3.05) is 0 Å². The Labute approximate surface area is 73.8 Å². The van der Waals surface area contributed by atoms with Gasteiger partial charge in [0, 0.05) is 0 Å². The zero-order chi connectivity index (χ0) is 6.69. The van der Waals surface area contributed by atoms with Crippen molar-refractivity contribution in [3.05, 3.63) is 30.3 Å². The number of hydrogen-bond donors (Lipinski definition) is 0. The Morgan fingerprint density at radius 1 is 1.22 bits per heavy atom. The van der Waals surface area contributed by atoms with Gasteiger partial charge in [-0.2, -0.15) is 11.1 Å². The molecular weight excluding hydrogens is 263 g/mol. The highest BCUT2D eigenvalue weighted by molar-refractivity contribution is 14.1. The molecule has 3 heteroatoms. The average molecular weight is 269 g/mol. The zero-order valence-electron chi connectivity index (χ0n) is 4.72. The lowest BCUT2D eigenvalue weighted by Crippen LogP contribution is -2.15. The highest BCUT2D eigenvalue weighted by atomic mass is 127. The Morgan fingerprint density at radius 2 is 1.78 bits per heavy atom. The molecule has 0 spiro atoms. The van der Waals surface area contributed by atoms with Gasteiger partial charge < -0.3 is 0 Å². The molecule has 0 amide bonds. The van der Waals surface area contributed by atoms with Gasteiger partial charge in [-0.05, 0) is 5.19 Å². The van der Waals surface area contributed by atoms with Crippen molar-refractivity contribution in [2.45, 2.75) is 0 Å². The van der Waals surface area contributed by atoms with Crippen LogP contribution in [0.3, 0.4) is 0 Å². The molecule has 1 rings (SSSR count). The maximum absolute atomic E-state index is 5.93. The fraction of sp³-hybridized carbons (Fsp3) is 0. The molecule has 48 valence electrons. The maximum atomic E-state index is 5.93. The van der Waals surface area contributed by atoms with E-state index in [1.165, 1.54) is 5.19 Å². The van der Waals surface area contributed by atoms with E-state index in [-0.39, 0.29) is 0 Å². The van der Waals surface area contributed by atoms with Gasteiger partial charge in [-0.1, -0.05) is 52.1 Å². The first-order valence-electron chi connectivity index (χ1n) is 2.64. The molecule has 0 fully saturated rings. The smallest absolute Gasteiger partial charge is 0.152 e. The van der Waals surface area contributed by atoms with Crippen LogP contribution in [-0.4, -0.2) is 5.60 Å². The quantitative estimate of drug-likeness (QED) is 0.414. The van der Waals surface area contributed by atoms with Crippen LogP contribution in [0.1, 0.15) is 0 Å². The molecule has 0 N–H and O–H groups in total. The SMILES string of the molecule is Cl[SiH](I)c1ccccc1. The van der Waals surface area contributed by atoms with Crippen LogP contribution in [0.2, 0.25) is 0 Å². The van der Waals surface area contributed by atoms with Crippen LogP contribution in [0.4, 0.5) is 0 Å². The minimum absolute atomic E-state index is 1.09. The van der Waals surface area contributed by atoms with Crippen molar-refractivity contribution in [1.29, 1.82) is 0 Å². The van der Waals surface area contributed by atoms with E-state index in [0.29, 0.717) is 0 Å². The number of halogens is 2. The van der Waals surface area contributed by atoms with E-state index in [0.717, 1.165) is 0 Å². The third-order valence-corrected chi connectivity index (χ3v) is 4.85. The van der Waals surface area contributed by atoms with Gasteiger partial charge >= 0.3 is 0 Å². The molecule has 0 nitrogen and oxygen atoms in total. The molecule has 0 aliphatic rings. The first-order chi connectivity index (χ1) is 4.30. The van der Waals surface area contributed by atoms with Gasteiger partial charge in [0.25, 0.3) is 0 Å². The third-order valence-electron chi connectivity index (χ3n) is 1.05. The molecule has 9 heavy (non-hydrogen) atoms. The Morgan fingerprint density at radius 3 is 2.11 bits per heavy atom. The summed E-state index contributed by atoms with van der Waals surface area (Å²) in [5.41, 5.74) is -1.09. The molecule has 1 unspecified atom stereocenters. The fourth-order valence-corrected chi connectivity index (χ4v) is 2.79. The minimum atomic E-state index is -1.09. The highest BCUT2D eigenvalue weighted by Crippen LogP contribution is 1.99. The predicted octanol–water partition coefficient (Wildman–Crippen LogP) is 1.79. The molecular formula is C6H6ClISi. The van der Waals surface area contributed by atoms with Gasteiger partial charge in [-0.25, -0.2) is 0 Å². The van der Waals surface area contributed by atoms with E-state index in [2.05, 4.69) is 33.9 Å². The molecule has 0 radical (unpaired) electrons. The van der Waals surface area contributed by atoms with Crippen molar-refractivity contribution in [1.82, 2.24) is 0 Å². The van der Waals surface area contributed by atoms with E-state index in [9.17, 15) is 0 Å². The van der Waals surface area contributed by atoms with Crippen LogP contribution < -0.4 is 5.19 Å². The number of benzene rings is 1. The number of hydrogen-bond acceptors (Lipinski definition) is 0. The van der Waals surface area contributed by atoms with Gasteiger partial charge in [0.05, 0.1) is 0 Å². The summed E-state index contributed by atoms with van der Waals surface area (Å²) in [5.74, 6) is 0. The van der Waals surface area contributed by atoms with Gasteiger partial charge in [-0.15, -0.1) is 0 Å². The summed E-state index contributed by atoms with van der Waals surface area (Å²) in [6.45, 7) is 0. The summed E-state index contributed by atoms with van der Waals surface area (Å²) >= 11 is 8.24. The third kappa shape index (κ3) is 2.27. The van der Waals surface area contributed by atoms with Gasteiger partial charge in [-0.3, -0.25) is 0 Å². The lowest BCUT2D eigenvalue weighted by Gasteiger charge is -1.95. The molecule has 1 aromatic carbocycles. The molecule has 0 aliphatic heterocycles. The molecule has 0 saturated heterocycles. The summed E-state index contributed by atoms with van der Waals surface area (Å²) in [6.07, 6.45) is 0. The van der Waals surface area contributed by atoms with Crippen LogP contribution in [0, 0.1) is 0 Å². The van der Waals surface area contributed by atoms with Gasteiger partial charge in [0.1, 0.15) is 0 Å². The second-order valence-corrected chi connectivity index (χ2v) is 10.2. The molecule has 0 bridgehead atoms. The Balaban J connectivity index is 2.85. The molecule has 0 saturated carbocycles. The van der Waals surface area contributed by atoms with Crippen molar-refractivity contribution < 1.29 is 0 Å². The summed E-state index contributed by atoms with van der Waals surface area (Å²) < 4.78 is 0. The van der Waals surface area contributed by atoms with Crippen LogP contribution in [0.5, 0.6) is 0 Å². The van der Waals surface area contributed by atoms with Crippen LogP contribution in [0.15, 0.2) is 30.3 Å². The molecule has 1 aromatic rings. The standard InChI is InChI=1S/C6H6ClISi/c7-9(8)6-4-2-1-3-5-6/h1-5,9H. The minimum Gasteiger partial charge on any atom is -0.152 e. The van der Waals surface area contributed by atoms with Crippen molar-refractivity contribution >= 4 is 43.7 Å². The Kier molecular flexibility index (Phi) is 3.01. The van der Waals surface area contributed by atoms with E-state index < -0.39 is 5.60 Å². The monoisotopic (exact) mass is 268 g/mol. The summed E-state index contributed by atoms with van der Waals surface area (Å²) in [7, 11) is 0. The first-order valence-corrected chi connectivity index (χ1v) is 9.13. The molecule has 1 atom stereocenters. The van der Waals surface area contributed by atoms with Crippen molar-refractivity contribution in [3.63, 3.8) is 0 Å². The number of rotatable bonds is 1. The average Bonchev–Trinajstić information content (AvgIpc) is 1.90. The normalized spacial score (nSPS) is 13.1. The van der Waals surface area contributed by atoms with E-state index >= 15 is 0 Å². The summed E-state index contributed by atoms with van der Waals surface area (Å²) in [5, 5.41) is 1.31. The van der Waals surface area contributed by atoms with E-state index in [1.807, 2.05) is 18.2 Å². The van der Waals surface area contributed by atoms with Crippen molar-refractivity contribution in [3.8, 4) is 0 Å². The predicted molar refractivity (Wildman–Crippen MR) is 53.1 cm³/mol. The van der Waals surface area contributed by atoms with Crippen LogP contribution in [0.25, 0.3) is 0 Å². The van der Waals surface area contributed by atoms with Crippen LogP contribution >= 0.6 is 32.9 Å². The van der Waals surface area contributed by atoms with E-state index in [4.69, 9.17) is 11.1 Å². The van der Waals surface area contributed by atoms with Crippen LogP contribution in [-0.2, 0) is 0 Å². The Hall–Kier alpha value is 0.457. The fourth-order valence-electron chi connectivity index (χ4n) is 0.599. The highest BCUT2D eigenvalue weighted by Gasteiger charge is 2.01. The second kappa shape index (κ2) is 3.58. The van der Waals surface area contributed by atoms with E-state index in [1.54, 1.807) is 0 Å². The lowest BCUT2D eigenvalue weighted by molar-refractivity contribution is 1.77.